The van der Waals surface area contributed by atoms with Gasteiger partial charge in [-0.15, -0.1) is 0 Å². The van der Waals surface area contributed by atoms with Crippen LogP contribution in [0.5, 0.6) is 0 Å². The largest absolute Gasteiger partial charge is 0.445 e. The number of thioether (sulfide) groups is 1. The van der Waals surface area contributed by atoms with Gasteiger partial charge < -0.3 is 9.64 Å². The lowest BCUT2D eigenvalue weighted by Gasteiger charge is -2.27. The molecule has 11 heteroatoms. The number of likely N-dealkylation sites (tertiary alicyclic amines) is 1. The van der Waals surface area contributed by atoms with Gasteiger partial charge in [0.2, 0.25) is 5.91 Å². The Kier molecular flexibility index (Phi) is 9.18. The van der Waals surface area contributed by atoms with Gasteiger partial charge in [-0.2, -0.15) is 0 Å². The summed E-state index contributed by atoms with van der Waals surface area (Å²) in [5.74, 6) is -0.196. The fourth-order valence-corrected chi connectivity index (χ4v) is 4.91. The summed E-state index contributed by atoms with van der Waals surface area (Å²) >= 11 is 1.12. The second-order valence-corrected chi connectivity index (χ2v) is 9.81. The Labute approximate surface area is 207 Å². The molecule has 186 valence electrons. The zero-order valence-electron chi connectivity index (χ0n) is 19.7. The summed E-state index contributed by atoms with van der Waals surface area (Å²) in [6, 6.07) is 8.86. The van der Waals surface area contributed by atoms with Crippen LogP contribution in [0, 0.1) is 10.1 Å². The predicted octanol–water partition coefficient (Wildman–Crippen LogP) is 3.44. The van der Waals surface area contributed by atoms with Crippen LogP contribution in [-0.2, 0) is 27.4 Å². The normalized spacial score (nSPS) is 17.1. The van der Waals surface area contributed by atoms with E-state index >= 15 is 0 Å². The minimum atomic E-state index is -0.720. The van der Waals surface area contributed by atoms with Gasteiger partial charge in [-0.3, -0.25) is 29.6 Å². The smallest absolute Gasteiger partial charge is 0.410 e. The average molecular weight is 501 g/mol. The Morgan fingerprint density at radius 2 is 1.86 bits per heavy atom. The maximum absolute atomic E-state index is 13.2. The van der Waals surface area contributed by atoms with E-state index in [4.69, 9.17) is 4.74 Å². The molecule has 2 aromatic rings. The molecule has 2 heterocycles. The van der Waals surface area contributed by atoms with E-state index in [2.05, 4.69) is 4.98 Å². The Bertz CT molecular complexity index is 1050. The number of nitrogens with zero attached hydrogens (tertiary/aromatic N) is 4. The number of hydrogen-bond acceptors (Lipinski definition) is 8. The highest BCUT2D eigenvalue weighted by molar-refractivity contribution is 8.14. The number of amides is 2. The molecule has 1 aliphatic heterocycles. The van der Waals surface area contributed by atoms with Gasteiger partial charge in [0.25, 0.3) is 5.69 Å². The molecule has 0 unspecified atom stereocenters. The van der Waals surface area contributed by atoms with Crippen molar-refractivity contribution in [1.82, 2.24) is 14.8 Å². The van der Waals surface area contributed by atoms with Crippen LogP contribution in [0.4, 0.5) is 10.5 Å². The van der Waals surface area contributed by atoms with E-state index < -0.39 is 17.1 Å². The topological polar surface area (TPSA) is 123 Å². The average Bonchev–Trinajstić information content (AvgIpc) is 3.26. The first-order chi connectivity index (χ1) is 16.7. The number of aryl methyl sites for hydroxylation is 1. The van der Waals surface area contributed by atoms with Gasteiger partial charge in [0.15, 0.2) is 5.12 Å². The van der Waals surface area contributed by atoms with Gasteiger partial charge in [-0.1, -0.05) is 11.8 Å². The maximum Gasteiger partial charge on any atom is 0.410 e. The van der Waals surface area contributed by atoms with Crippen molar-refractivity contribution >= 4 is 34.6 Å². The molecule has 1 fully saturated rings. The van der Waals surface area contributed by atoms with Crippen LogP contribution >= 0.6 is 11.8 Å². The zero-order valence-corrected chi connectivity index (χ0v) is 20.5. The summed E-state index contributed by atoms with van der Waals surface area (Å²) in [5, 5.41) is 10.5. The fraction of sp³-hybridized carbons (Fsp3) is 0.417. The molecule has 0 spiro atoms. The Balaban J connectivity index is 1.60. The maximum atomic E-state index is 13.2. The van der Waals surface area contributed by atoms with E-state index in [-0.39, 0.29) is 35.1 Å². The SMILES string of the molecule is CC(=O)S[C@H]1C[C@@H](C(=O)N(C)CCCc2ccncc2)N(C(=O)OCc2ccc([N+](=O)[O-])cc2)C1. The van der Waals surface area contributed by atoms with Gasteiger partial charge >= 0.3 is 6.09 Å². The van der Waals surface area contributed by atoms with Gasteiger partial charge in [-0.25, -0.2) is 4.79 Å². The van der Waals surface area contributed by atoms with Crippen LogP contribution in [-0.4, -0.2) is 68.3 Å². The molecule has 2 atom stereocenters. The summed E-state index contributed by atoms with van der Waals surface area (Å²) in [6.45, 7) is 2.13. The van der Waals surface area contributed by atoms with Gasteiger partial charge in [0.1, 0.15) is 12.6 Å². The third kappa shape index (κ3) is 7.51. The zero-order chi connectivity index (χ0) is 25.4. The highest BCUT2D eigenvalue weighted by atomic mass is 32.2. The molecule has 0 radical (unpaired) electrons. The summed E-state index contributed by atoms with van der Waals surface area (Å²) in [7, 11) is 1.71. The first-order valence-electron chi connectivity index (χ1n) is 11.2. The van der Waals surface area contributed by atoms with Crippen molar-refractivity contribution in [1.29, 1.82) is 0 Å². The van der Waals surface area contributed by atoms with Crippen molar-refractivity contribution in [2.45, 2.75) is 44.1 Å². The van der Waals surface area contributed by atoms with Gasteiger partial charge in [-0.05, 0) is 54.7 Å². The molecule has 35 heavy (non-hydrogen) atoms. The molecule has 0 saturated carbocycles. The van der Waals surface area contributed by atoms with Crippen LogP contribution in [0.25, 0.3) is 0 Å². The molecule has 10 nitrogen and oxygen atoms in total. The van der Waals surface area contributed by atoms with Crippen molar-refractivity contribution in [3.05, 3.63) is 70.0 Å². The quantitative estimate of drug-likeness (QED) is 0.379. The molecule has 1 aromatic heterocycles. The molecule has 1 saturated heterocycles. The van der Waals surface area contributed by atoms with E-state index in [1.54, 1.807) is 24.3 Å². The Morgan fingerprint density at radius 1 is 1.17 bits per heavy atom. The van der Waals surface area contributed by atoms with Crippen LogP contribution in [0.3, 0.4) is 0 Å². The van der Waals surface area contributed by atoms with Crippen molar-refractivity contribution in [3.8, 4) is 0 Å². The molecular formula is C24H28N4O6S. The van der Waals surface area contributed by atoms with Crippen LogP contribution in [0.2, 0.25) is 0 Å². The van der Waals surface area contributed by atoms with E-state index in [0.29, 0.717) is 18.5 Å². The lowest BCUT2D eigenvalue weighted by Crippen LogP contribution is -2.47. The second-order valence-electron chi connectivity index (χ2n) is 8.33. The fourth-order valence-electron chi connectivity index (χ4n) is 3.93. The monoisotopic (exact) mass is 500 g/mol. The van der Waals surface area contributed by atoms with Crippen molar-refractivity contribution in [2.75, 3.05) is 20.1 Å². The minimum absolute atomic E-state index is 0.0543. The Morgan fingerprint density at radius 3 is 2.49 bits per heavy atom. The summed E-state index contributed by atoms with van der Waals surface area (Å²) < 4.78 is 5.41. The molecule has 0 N–H and O–H groups in total. The number of likely N-dealkylation sites (N-methyl/N-ethyl adjacent to an activating group) is 1. The number of nitro groups is 1. The first-order valence-corrected chi connectivity index (χ1v) is 12.1. The summed E-state index contributed by atoms with van der Waals surface area (Å²) in [5.41, 5.74) is 1.67. The van der Waals surface area contributed by atoms with Crippen LogP contribution < -0.4 is 0 Å². The third-order valence-corrected chi connectivity index (χ3v) is 6.72. The number of carbonyl (C=O) groups excluding carboxylic acids is 3. The van der Waals surface area contributed by atoms with Crippen molar-refractivity contribution in [3.63, 3.8) is 0 Å². The number of nitro benzene ring substituents is 1. The van der Waals surface area contributed by atoms with E-state index in [1.165, 1.54) is 36.1 Å². The van der Waals surface area contributed by atoms with Crippen molar-refractivity contribution in [2.24, 2.45) is 0 Å². The molecule has 2 amide bonds. The van der Waals surface area contributed by atoms with E-state index in [1.807, 2.05) is 12.1 Å². The number of aromatic nitrogens is 1. The number of rotatable bonds is 9. The molecular weight excluding hydrogens is 472 g/mol. The van der Waals surface area contributed by atoms with E-state index in [9.17, 15) is 24.5 Å². The van der Waals surface area contributed by atoms with Gasteiger partial charge in [0.05, 0.1) is 4.92 Å². The summed E-state index contributed by atoms with van der Waals surface area (Å²) in [4.78, 5) is 55.0. The molecule has 1 aromatic carbocycles. The number of benzene rings is 1. The first kappa shape index (κ1) is 26.1. The van der Waals surface area contributed by atoms with Crippen LogP contribution in [0.1, 0.15) is 30.9 Å². The number of pyridine rings is 1. The number of carbonyl (C=O) groups is 3. The molecule has 0 bridgehead atoms. The summed E-state index contributed by atoms with van der Waals surface area (Å²) in [6.07, 6.45) is 4.73. The lowest BCUT2D eigenvalue weighted by atomic mass is 10.1. The number of non-ortho nitro benzene ring substituents is 1. The van der Waals surface area contributed by atoms with Crippen LogP contribution in [0.15, 0.2) is 48.8 Å². The predicted molar refractivity (Wildman–Crippen MR) is 131 cm³/mol. The molecule has 0 aliphatic carbocycles. The Hall–Kier alpha value is -3.47. The highest BCUT2D eigenvalue weighted by Crippen LogP contribution is 2.30. The third-order valence-electron chi connectivity index (χ3n) is 5.71. The van der Waals surface area contributed by atoms with Gasteiger partial charge in [0, 0.05) is 56.8 Å². The standard InChI is InChI=1S/C24H28N4O6S/c1-17(29)35-21-14-22(23(30)26(2)13-3-4-18-9-11-25-12-10-18)27(15-21)24(31)34-16-19-5-7-20(8-6-19)28(32)33/h5-12,21-22H,3-4,13-16H2,1-2H3/t21-,22-/m0/s1. The highest BCUT2D eigenvalue weighted by Gasteiger charge is 2.42. The second kappa shape index (κ2) is 12.3. The van der Waals surface area contributed by atoms with Crippen molar-refractivity contribution < 1.29 is 24.0 Å². The number of hydrogen-bond donors (Lipinski definition) is 0. The molecule has 1 aliphatic rings. The van der Waals surface area contributed by atoms with E-state index in [0.717, 1.165) is 30.2 Å². The molecule has 3 rings (SSSR count). The lowest BCUT2D eigenvalue weighted by molar-refractivity contribution is -0.384. The number of ether oxygens (including phenoxy) is 1. The minimum Gasteiger partial charge on any atom is -0.445 e.